The molecule has 3 aromatic carbocycles. The first kappa shape index (κ1) is 24.0. The van der Waals surface area contributed by atoms with E-state index in [0.717, 1.165) is 47.2 Å². The van der Waals surface area contributed by atoms with Crippen molar-refractivity contribution in [1.82, 2.24) is 15.2 Å². The summed E-state index contributed by atoms with van der Waals surface area (Å²) in [6, 6.07) is 25.1. The first-order valence-corrected chi connectivity index (χ1v) is 12.3. The average Bonchev–Trinajstić information content (AvgIpc) is 2.90. The topological polar surface area (TPSA) is 71.5 Å². The molecule has 2 heterocycles. The number of amides is 1. The lowest BCUT2D eigenvalue weighted by Gasteiger charge is -2.30. The van der Waals surface area contributed by atoms with E-state index < -0.39 is 5.97 Å². The van der Waals surface area contributed by atoms with E-state index in [-0.39, 0.29) is 12.5 Å². The van der Waals surface area contributed by atoms with E-state index in [0.29, 0.717) is 23.7 Å². The molecule has 0 bridgehead atoms. The molecule has 0 fully saturated rings. The van der Waals surface area contributed by atoms with Crippen LogP contribution in [-0.4, -0.2) is 34.9 Å². The normalized spacial score (nSPS) is 13.2. The number of pyridine rings is 1. The monoisotopic (exact) mass is 499 g/mol. The number of hydrogen-bond donors (Lipinski definition) is 1. The van der Waals surface area contributed by atoms with Crippen LogP contribution >= 0.6 is 11.6 Å². The molecule has 0 radical (unpaired) electrons. The number of esters is 1. The molecule has 0 saturated heterocycles. The van der Waals surface area contributed by atoms with E-state index in [1.54, 1.807) is 12.1 Å². The number of ether oxygens (including phenoxy) is 1. The van der Waals surface area contributed by atoms with Crippen LogP contribution in [0.2, 0.25) is 5.02 Å². The van der Waals surface area contributed by atoms with Crippen molar-refractivity contribution in [2.24, 2.45) is 0 Å². The maximum absolute atomic E-state index is 13.3. The Morgan fingerprint density at radius 3 is 2.50 bits per heavy atom. The molecule has 0 unspecified atom stereocenters. The van der Waals surface area contributed by atoms with Crippen LogP contribution in [0.1, 0.15) is 32.7 Å². The molecule has 0 saturated carbocycles. The van der Waals surface area contributed by atoms with Gasteiger partial charge in [0.1, 0.15) is 0 Å². The summed E-state index contributed by atoms with van der Waals surface area (Å²) >= 11 is 5.91. The van der Waals surface area contributed by atoms with Crippen molar-refractivity contribution < 1.29 is 14.3 Å². The van der Waals surface area contributed by atoms with Gasteiger partial charge in [-0.2, -0.15) is 0 Å². The predicted octanol–water partition coefficient (Wildman–Crippen LogP) is 4.92. The van der Waals surface area contributed by atoms with Crippen molar-refractivity contribution in [3.8, 4) is 0 Å². The highest BCUT2D eigenvalue weighted by Crippen LogP contribution is 2.29. The summed E-state index contributed by atoms with van der Waals surface area (Å²) in [5.41, 5.74) is 5.17. The van der Waals surface area contributed by atoms with E-state index in [1.165, 1.54) is 5.56 Å². The van der Waals surface area contributed by atoms with Crippen LogP contribution in [0.3, 0.4) is 0 Å². The molecule has 36 heavy (non-hydrogen) atoms. The highest BCUT2D eigenvalue weighted by molar-refractivity contribution is 6.30. The van der Waals surface area contributed by atoms with Gasteiger partial charge in [0.05, 0.1) is 11.1 Å². The number of aromatic nitrogens is 1. The van der Waals surface area contributed by atoms with Crippen LogP contribution in [0, 0.1) is 0 Å². The minimum absolute atomic E-state index is 0.329. The average molecular weight is 500 g/mol. The molecule has 1 N–H and O–H groups in total. The van der Waals surface area contributed by atoms with Gasteiger partial charge in [-0.05, 0) is 29.3 Å². The van der Waals surface area contributed by atoms with E-state index >= 15 is 0 Å². The van der Waals surface area contributed by atoms with E-state index in [2.05, 4.69) is 22.3 Å². The van der Waals surface area contributed by atoms with Crippen molar-refractivity contribution in [1.29, 1.82) is 0 Å². The molecule has 0 spiro atoms. The summed E-state index contributed by atoms with van der Waals surface area (Å²) in [6.07, 6.45) is 0.745. The lowest BCUT2D eigenvalue weighted by Crippen LogP contribution is -2.33. The molecule has 4 aromatic rings. The van der Waals surface area contributed by atoms with Crippen molar-refractivity contribution in [3.05, 3.63) is 112 Å². The highest BCUT2D eigenvalue weighted by Gasteiger charge is 2.27. The molecular weight excluding hydrogens is 474 g/mol. The zero-order valence-corrected chi connectivity index (χ0v) is 20.5. The summed E-state index contributed by atoms with van der Waals surface area (Å²) < 4.78 is 5.51. The van der Waals surface area contributed by atoms with Crippen LogP contribution < -0.4 is 5.32 Å². The second kappa shape index (κ2) is 10.9. The van der Waals surface area contributed by atoms with Crippen molar-refractivity contribution in [2.45, 2.75) is 26.1 Å². The zero-order chi connectivity index (χ0) is 24.9. The third-order valence-corrected chi connectivity index (χ3v) is 6.57. The molecule has 1 amide bonds. The van der Waals surface area contributed by atoms with Crippen LogP contribution in [0.15, 0.2) is 78.9 Å². The number of fused-ring (bicyclic) bond motifs is 2. The third kappa shape index (κ3) is 5.56. The van der Waals surface area contributed by atoms with E-state index in [4.69, 9.17) is 21.3 Å². The number of benzene rings is 3. The fourth-order valence-electron chi connectivity index (χ4n) is 4.51. The van der Waals surface area contributed by atoms with Crippen molar-refractivity contribution in [3.63, 3.8) is 0 Å². The minimum Gasteiger partial charge on any atom is -0.452 e. The summed E-state index contributed by atoms with van der Waals surface area (Å²) in [4.78, 5) is 32.9. The molecular formula is C29H26ClN3O3. The largest absolute Gasteiger partial charge is 0.452 e. The van der Waals surface area contributed by atoms with Gasteiger partial charge in [-0.1, -0.05) is 72.3 Å². The Kier molecular flexibility index (Phi) is 7.26. The molecule has 5 rings (SSSR count). The fraction of sp³-hybridized carbons (Fsp3) is 0.207. The van der Waals surface area contributed by atoms with E-state index in [9.17, 15) is 9.59 Å². The second-order valence-corrected chi connectivity index (χ2v) is 9.29. The number of para-hydroxylation sites is 1. The van der Waals surface area contributed by atoms with Gasteiger partial charge in [0, 0.05) is 54.3 Å². The van der Waals surface area contributed by atoms with Gasteiger partial charge in [0.2, 0.25) is 0 Å². The van der Waals surface area contributed by atoms with Gasteiger partial charge in [-0.15, -0.1) is 0 Å². The molecule has 182 valence electrons. The quantitative estimate of drug-likeness (QED) is 0.365. The Hall–Kier alpha value is -3.74. The van der Waals surface area contributed by atoms with Crippen LogP contribution in [-0.2, 0) is 35.6 Å². The van der Waals surface area contributed by atoms with Gasteiger partial charge < -0.3 is 10.1 Å². The highest BCUT2D eigenvalue weighted by atomic mass is 35.5. The van der Waals surface area contributed by atoms with Gasteiger partial charge in [0.15, 0.2) is 6.61 Å². The number of nitrogens with zero attached hydrogens (tertiary/aromatic N) is 2. The Labute approximate surface area is 214 Å². The molecule has 7 heteroatoms. The van der Waals surface area contributed by atoms with Gasteiger partial charge in [-0.3, -0.25) is 14.7 Å². The molecule has 1 aromatic heterocycles. The maximum atomic E-state index is 13.3. The molecule has 0 aliphatic carbocycles. The predicted molar refractivity (Wildman–Crippen MR) is 140 cm³/mol. The Balaban J connectivity index is 1.32. The van der Waals surface area contributed by atoms with Crippen molar-refractivity contribution in [2.75, 3.05) is 13.2 Å². The summed E-state index contributed by atoms with van der Waals surface area (Å²) in [5.74, 6) is -0.871. The maximum Gasteiger partial charge on any atom is 0.339 e. The Bertz CT molecular complexity index is 1390. The Morgan fingerprint density at radius 1 is 0.944 bits per heavy atom. The van der Waals surface area contributed by atoms with Crippen molar-refractivity contribution >= 4 is 34.4 Å². The first-order valence-electron chi connectivity index (χ1n) is 11.9. The first-order chi connectivity index (χ1) is 17.6. The number of nitrogens with one attached hydrogen (secondary N) is 1. The molecule has 6 nitrogen and oxygen atoms in total. The Morgan fingerprint density at radius 2 is 1.69 bits per heavy atom. The van der Waals surface area contributed by atoms with E-state index in [1.807, 2.05) is 54.6 Å². The second-order valence-electron chi connectivity index (χ2n) is 8.85. The summed E-state index contributed by atoms with van der Waals surface area (Å²) in [7, 11) is 0. The number of halogens is 1. The summed E-state index contributed by atoms with van der Waals surface area (Å²) in [5, 5.41) is 4.15. The molecule has 1 aliphatic rings. The third-order valence-electron chi connectivity index (χ3n) is 6.32. The lowest BCUT2D eigenvalue weighted by atomic mass is 9.95. The van der Waals surface area contributed by atoms with Gasteiger partial charge in [-0.25, -0.2) is 4.79 Å². The van der Waals surface area contributed by atoms with Gasteiger partial charge in [0.25, 0.3) is 5.91 Å². The number of rotatable bonds is 7. The lowest BCUT2D eigenvalue weighted by molar-refractivity contribution is -0.124. The number of carbonyl (C=O) groups is 2. The zero-order valence-electron chi connectivity index (χ0n) is 19.7. The number of hydrogen-bond acceptors (Lipinski definition) is 5. The molecule has 1 aliphatic heterocycles. The minimum atomic E-state index is -0.506. The fourth-order valence-corrected chi connectivity index (χ4v) is 4.64. The van der Waals surface area contributed by atoms with Crippen LogP contribution in [0.25, 0.3) is 10.9 Å². The number of carbonyl (C=O) groups excluding carboxylic acids is 2. The van der Waals surface area contributed by atoms with Crippen LogP contribution in [0.4, 0.5) is 0 Å². The van der Waals surface area contributed by atoms with Crippen LogP contribution in [0.5, 0.6) is 0 Å². The standard InChI is InChI=1S/C29H26ClN3O3/c30-22-12-10-20(11-13-22)16-31-27(34)19-36-29(35)28-23-8-4-5-9-25(23)32-26-14-15-33(18-24(26)28)17-21-6-2-1-3-7-21/h1-13H,14-19H2,(H,31,34). The SMILES string of the molecule is O=C(COC(=O)c1c2c(nc3ccccc13)CCN(Cc1ccccc1)C2)NCc1ccc(Cl)cc1. The van der Waals surface area contributed by atoms with Gasteiger partial charge >= 0.3 is 5.97 Å². The smallest absolute Gasteiger partial charge is 0.339 e. The molecule has 0 atom stereocenters. The summed E-state index contributed by atoms with van der Waals surface area (Å²) in [6.45, 7) is 2.21.